The molecule has 21 heavy (non-hydrogen) atoms. The molecule has 0 saturated heterocycles. The zero-order valence-electron chi connectivity index (χ0n) is 12.8. The van der Waals surface area contributed by atoms with Crippen molar-refractivity contribution in [1.82, 2.24) is 5.32 Å². The van der Waals surface area contributed by atoms with Gasteiger partial charge in [-0.3, -0.25) is 9.59 Å². The zero-order valence-corrected chi connectivity index (χ0v) is 13.6. The van der Waals surface area contributed by atoms with Crippen LogP contribution in [0, 0.1) is 0 Å². The third-order valence-electron chi connectivity index (χ3n) is 2.83. The van der Waals surface area contributed by atoms with E-state index in [2.05, 4.69) is 12.2 Å². The third kappa shape index (κ3) is 13.4. The number of primary amides is 1. The maximum absolute atomic E-state index is 11.7. The summed E-state index contributed by atoms with van der Waals surface area (Å²) in [6.07, 6.45) is 7.75. The normalized spacial score (nSPS) is 13.2. The van der Waals surface area contributed by atoms with Gasteiger partial charge in [0, 0.05) is 18.1 Å². The Morgan fingerprint density at radius 3 is 2.33 bits per heavy atom. The summed E-state index contributed by atoms with van der Waals surface area (Å²) in [7, 11) is -3.30. The second-order valence-corrected chi connectivity index (χ2v) is 7.10. The van der Waals surface area contributed by atoms with E-state index in [1.807, 2.05) is 0 Å². The number of amides is 2. The monoisotopic (exact) mass is 318 g/mol. The Bertz CT molecular complexity index is 458. The first-order chi connectivity index (χ1) is 9.74. The van der Waals surface area contributed by atoms with Crippen LogP contribution in [0.2, 0.25) is 0 Å². The van der Waals surface area contributed by atoms with Crippen LogP contribution < -0.4 is 11.1 Å². The molecule has 0 aromatic heterocycles. The quantitative estimate of drug-likeness (QED) is 0.559. The summed E-state index contributed by atoms with van der Waals surface area (Å²) in [5.74, 6) is -0.794. The van der Waals surface area contributed by atoms with Crippen LogP contribution in [0.15, 0.2) is 11.5 Å². The molecular weight excluding hydrogens is 292 g/mol. The van der Waals surface area contributed by atoms with Gasteiger partial charge in [-0.25, -0.2) is 8.42 Å². The van der Waals surface area contributed by atoms with Crippen LogP contribution in [0.3, 0.4) is 0 Å². The molecular formula is C14H26N2O4S. The molecule has 122 valence electrons. The van der Waals surface area contributed by atoms with Crippen molar-refractivity contribution in [3.63, 3.8) is 0 Å². The van der Waals surface area contributed by atoms with Crippen molar-refractivity contribution in [3.8, 4) is 0 Å². The van der Waals surface area contributed by atoms with E-state index in [-0.39, 0.29) is 12.3 Å². The highest BCUT2D eigenvalue weighted by molar-refractivity contribution is 7.93. The van der Waals surface area contributed by atoms with Crippen LogP contribution in [-0.4, -0.2) is 32.5 Å². The Kier molecular flexibility index (Phi) is 9.69. The Hall–Kier alpha value is -1.37. The van der Waals surface area contributed by atoms with Crippen LogP contribution in [-0.2, 0) is 19.4 Å². The Balaban J connectivity index is 4.30. The highest BCUT2D eigenvalue weighted by Gasteiger charge is 2.12. The van der Waals surface area contributed by atoms with Gasteiger partial charge in [0.1, 0.15) is 0 Å². The van der Waals surface area contributed by atoms with E-state index in [9.17, 15) is 18.0 Å². The summed E-state index contributed by atoms with van der Waals surface area (Å²) < 4.78 is 22.1. The molecule has 0 heterocycles. The van der Waals surface area contributed by atoms with Gasteiger partial charge in [0.15, 0.2) is 9.84 Å². The maximum atomic E-state index is 11.7. The van der Waals surface area contributed by atoms with Crippen molar-refractivity contribution in [2.45, 2.75) is 57.9 Å². The first-order valence-electron chi connectivity index (χ1n) is 7.20. The van der Waals surface area contributed by atoms with Crippen LogP contribution in [0.1, 0.15) is 51.9 Å². The zero-order chi connectivity index (χ0) is 16.3. The second-order valence-electron chi connectivity index (χ2n) is 5.17. The van der Waals surface area contributed by atoms with E-state index in [0.717, 1.165) is 43.8 Å². The van der Waals surface area contributed by atoms with Crippen molar-refractivity contribution in [1.29, 1.82) is 0 Å². The first-order valence-corrected chi connectivity index (χ1v) is 9.16. The molecule has 7 heteroatoms. The van der Waals surface area contributed by atoms with Gasteiger partial charge in [0.05, 0.1) is 12.5 Å². The minimum absolute atomic E-state index is 0.117. The number of sulfone groups is 1. The molecule has 6 nitrogen and oxygen atoms in total. The van der Waals surface area contributed by atoms with Crippen molar-refractivity contribution >= 4 is 21.7 Å². The molecule has 0 aliphatic rings. The molecule has 3 N–H and O–H groups in total. The van der Waals surface area contributed by atoms with Gasteiger partial charge in [0.25, 0.3) is 0 Å². The topological polar surface area (TPSA) is 106 Å². The third-order valence-corrected chi connectivity index (χ3v) is 3.48. The molecule has 0 spiro atoms. The molecule has 0 aromatic carbocycles. The fourth-order valence-electron chi connectivity index (χ4n) is 1.79. The molecule has 0 fully saturated rings. The lowest BCUT2D eigenvalue weighted by Crippen LogP contribution is -2.36. The van der Waals surface area contributed by atoms with Crippen LogP contribution >= 0.6 is 0 Å². The number of hydrogen-bond donors (Lipinski definition) is 2. The van der Waals surface area contributed by atoms with Crippen LogP contribution in [0.25, 0.3) is 0 Å². The van der Waals surface area contributed by atoms with Gasteiger partial charge < -0.3 is 11.1 Å². The number of carbonyl (C=O) groups is 2. The molecule has 0 unspecified atom stereocenters. The standard InChI is InChI=1S/C14H26N2O4S/c1-3-4-5-6-7-8-14(18)16-12(11-13(15)17)9-10-21(2,19)20/h9-10,12H,3-8,11H2,1-2H3,(H2,15,17)(H,16,18)/b10-9+/t12-/m0/s1. The van der Waals surface area contributed by atoms with Gasteiger partial charge >= 0.3 is 0 Å². The molecule has 0 saturated carbocycles. The number of nitrogens with one attached hydrogen (secondary N) is 1. The largest absolute Gasteiger partial charge is 0.370 e. The minimum atomic E-state index is -3.30. The van der Waals surface area contributed by atoms with Crippen LogP contribution in [0.4, 0.5) is 0 Å². The SMILES string of the molecule is CCCCCCCC(=O)N[C@@H](/C=C/S(C)(=O)=O)CC(N)=O. The highest BCUT2D eigenvalue weighted by atomic mass is 32.2. The molecule has 0 aromatic rings. The summed E-state index contributed by atoms with van der Waals surface area (Å²) in [6, 6.07) is -0.680. The molecule has 1 atom stereocenters. The number of hydrogen-bond acceptors (Lipinski definition) is 4. The number of carbonyl (C=O) groups excluding carboxylic acids is 2. The summed E-state index contributed by atoms with van der Waals surface area (Å²) in [5, 5.41) is 3.60. The van der Waals surface area contributed by atoms with E-state index in [0.29, 0.717) is 6.42 Å². The Labute approximate surface area is 127 Å². The molecule has 2 amide bonds. The number of rotatable bonds is 11. The van der Waals surface area contributed by atoms with E-state index < -0.39 is 21.8 Å². The predicted molar refractivity (Wildman–Crippen MR) is 83.1 cm³/mol. The lowest BCUT2D eigenvalue weighted by molar-refractivity contribution is -0.122. The molecule has 0 rings (SSSR count). The van der Waals surface area contributed by atoms with Gasteiger partial charge in [-0.05, 0) is 6.42 Å². The average molecular weight is 318 g/mol. The molecule has 0 bridgehead atoms. The lowest BCUT2D eigenvalue weighted by atomic mass is 10.1. The fraction of sp³-hybridized carbons (Fsp3) is 0.714. The highest BCUT2D eigenvalue weighted by Crippen LogP contribution is 2.05. The van der Waals surface area contributed by atoms with E-state index >= 15 is 0 Å². The van der Waals surface area contributed by atoms with E-state index in [1.165, 1.54) is 6.08 Å². The molecule has 0 aliphatic carbocycles. The van der Waals surface area contributed by atoms with Gasteiger partial charge in [0.2, 0.25) is 11.8 Å². The summed E-state index contributed by atoms with van der Waals surface area (Å²) in [5.41, 5.74) is 5.09. The lowest BCUT2D eigenvalue weighted by Gasteiger charge is -2.13. The van der Waals surface area contributed by atoms with Gasteiger partial charge in [-0.1, -0.05) is 38.7 Å². The van der Waals surface area contributed by atoms with E-state index in [1.54, 1.807) is 0 Å². The van der Waals surface area contributed by atoms with E-state index in [4.69, 9.17) is 5.73 Å². The summed E-state index contributed by atoms with van der Waals surface area (Å²) in [6.45, 7) is 2.12. The maximum Gasteiger partial charge on any atom is 0.220 e. The van der Waals surface area contributed by atoms with Crippen molar-refractivity contribution in [2.75, 3.05) is 6.26 Å². The predicted octanol–water partition coefficient (Wildman–Crippen LogP) is 1.27. The van der Waals surface area contributed by atoms with Crippen molar-refractivity contribution < 1.29 is 18.0 Å². The Morgan fingerprint density at radius 1 is 1.19 bits per heavy atom. The van der Waals surface area contributed by atoms with Gasteiger partial charge in [-0.2, -0.15) is 0 Å². The summed E-state index contributed by atoms with van der Waals surface area (Å²) in [4.78, 5) is 22.7. The number of unbranched alkanes of at least 4 members (excludes halogenated alkanes) is 4. The first kappa shape index (κ1) is 19.6. The fourth-order valence-corrected chi connectivity index (χ4v) is 2.26. The second kappa shape index (κ2) is 10.4. The minimum Gasteiger partial charge on any atom is -0.370 e. The number of nitrogens with two attached hydrogens (primary N) is 1. The van der Waals surface area contributed by atoms with Crippen molar-refractivity contribution in [2.24, 2.45) is 5.73 Å². The van der Waals surface area contributed by atoms with Crippen LogP contribution in [0.5, 0.6) is 0 Å². The smallest absolute Gasteiger partial charge is 0.220 e. The molecule has 0 aliphatic heterocycles. The Morgan fingerprint density at radius 2 is 1.81 bits per heavy atom. The average Bonchev–Trinajstić information content (AvgIpc) is 2.34. The molecule has 0 radical (unpaired) electrons. The summed E-state index contributed by atoms with van der Waals surface area (Å²) >= 11 is 0. The van der Waals surface area contributed by atoms with Crippen molar-refractivity contribution in [3.05, 3.63) is 11.5 Å². The van der Waals surface area contributed by atoms with Gasteiger partial charge in [-0.15, -0.1) is 0 Å².